The molecule has 0 saturated heterocycles. The molecule has 0 aliphatic rings. The van der Waals surface area contributed by atoms with Gasteiger partial charge in [-0.05, 0) is 6.92 Å². The van der Waals surface area contributed by atoms with Crippen LogP contribution in [0.15, 0.2) is 0 Å². The van der Waals surface area contributed by atoms with Gasteiger partial charge in [0.15, 0.2) is 0 Å². The van der Waals surface area contributed by atoms with Gasteiger partial charge in [0, 0.05) is 0 Å². The lowest BCUT2D eigenvalue weighted by molar-refractivity contribution is -0.116. The van der Waals surface area contributed by atoms with Crippen molar-refractivity contribution in [3.8, 4) is 0 Å². The van der Waals surface area contributed by atoms with Crippen molar-refractivity contribution in [2.45, 2.75) is 13.3 Å². The van der Waals surface area contributed by atoms with Crippen LogP contribution < -0.4 is 0 Å². The Kier molecular flexibility index (Phi) is 1.81. The van der Waals surface area contributed by atoms with E-state index in [2.05, 4.69) is 6.92 Å². The van der Waals surface area contributed by atoms with Gasteiger partial charge in [0.1, 0.15) is 0 Å². The van der Waals surface area contributed by atoms with Gasteiger partial charge in [-0.2, -0.15) is 0 Å². The van der Waals surface area contributed by atoms with Gasteiger partial charge in [0.2, 0.25) is 0 Å². The number of carbonyl (C=O) groups excluding carboxylic acids is 1. The summed E-state index contributed by atoms with van der Waals surface area (Å²) in [7, 11) is 0. The van der Waals surface area contributed by atoms with E-state index in [-0.39, 0.29) is 5.78 Å². The third-order valence-electron chi connectivity index (χ3n) is 0.352. The zero-order valence-electron chi connectivity index (χ0n) is 3.32. The van der Waals surface area contributed by atoms with E-state index in [0.717, 1.165) is 0 Å². The fourth-order valence-corrected chi connectivity index (χ4v) is 0. The highest BCUT2D eigenvalue weighted by Crippen LogP contribution is 1.70. The van der Waals surface area contributed by atoms with E-state index in [4.69, 9.17) is 0 Å². The maximum atomic E-state index is 9.75. The minimum Gasteiger partial charge on any atom is -0.336 e. The van der Waals surface area contributed by atoms with Crippen molar-refractivity contribution >= 4 is 5.78 Å². The van der Waals surface area contributed by atoms with E-state index in [1.165, 1.54) is 6.92 Å². The zero-order valence-corrected chi connectivity index (χ0v) is 3.32. The number of ketones is 1. The molecular weight excluding hydrogens is 64.0 g/mol. The van der Waals surface area contributed by atoms with Crippen LogP contribution >= 0.6 is 0 Å². The van der Waals surface area contributed by atoms with Gasteiger partial charge in [-0.15, -0.1) is 6.42 Å². The molecule has 0 aliphatic heterocycles. The number of hydrogen-bond acceptors (Lipinski definition) is 1. The first-order valence-corrected chi connectivity index (χ1v) is 1.56. The normalized spacial score (nSPS) is 7.60. The molecule has 0 fully saturated rings. The van der Waals surface area contributed by atoms with Gasteiger partial charge < -0.3 is 11.7 Å². The van der Waals surface area contributed by atoms with Crippen LogP contribution in [-0.2, 0) is 4.79 Å². The van der Waals surface area contributed by atoms with Crippen LogP contribution in [0.2, 0.25) is 0 Å². The summed E-state index contributed by atoms with van der Waals surface area (Å²) in [4.78, 5) is 9.75. The Morgan fingerprint density at radius 1 is 2.00 bits per heavy atom. The van der Waals surface area contributed by atoms with Gasteiger partial charge >= 0.3 is 0 Å². The van der Waals surface area contributed by atoms with E-state index in [0.29, 0.717) is 6.42 Å². The van der Waals surface area contributed by atoms with Crippen molar-refractivity contribution in [3.05, 3.63) is 6.92 Å². The third kappa shape index (κ3) is 3.67. The highest BCUT2D eigenvalue weighted by molar-refractivity contribution is 5.75. The number of Topliss-reactive ketones (excluding diaryl/α,β-unsaturated/α-hetero) is 1. The standard InChI is InChI=1S/C4H7O/c1-3-4(2)5/h1,3H2,2H3/q-1. The van der Waals surface area contributed by atoms with Crippen LogP contribution in [0.25, 0.3) is 0 Å². The van der Waals surface area contributed by atoms with Crippen molar-refractivity contribution < 1.29 is 4.79 Å². The maximum absolute atomic E-state index is 9.75. The lowest BCUT2D eigenvalue weighted by Crippen LogP contribution is -1.80. The number of hydrogen-bond donors (Lipinski definition) is 0. The monoisotopic (exact) mass is 71.1 g/mol. The fourth-order valence-electron chi connectivity index (χ4n) is 0. The summed E-state index contributed by atoms with van der Waals surface area (Å²) in [6, 6.07) is 0. The largest absolute Gasteiger partial charge is 0.336 e. The van der Waals surface area contributed by atoms with Crippen LogP contribution in [0.3, 0.4) is 0 Å². The van der Waals surface area contributed by atoms with Gasteiger partial charge in [-0.25, -0.2) is 0 Å². The molecule has 5 heavy (non-hydrogen) atoms. The SMILES string of the molecule is [CH2-]CC(C)=O. The van der Waals surface area contributed by atoms with Crippen LogP contribution in [0, 0.1) is 6.92 Å². The van der Waals surface area contributed by atoms with Crippen molar-refractivity contribution in [1.29, 1.82) is 0 Å². The molecule has 0 N–H and O–H groups in total. The zero-order chi connectivity index (χ0) is 4.28. The molecule has 0 aromatic carbocycles. The Labute approximate surface area is 32.0 Å². The first-order chi connectivity index (χ1) is 2.27. The minimum absolute atomic E-state index is 0.144. The quantitative estimate of drug-likeness (QED) is 0.418. The van der Waals surface area contributed by atoms with E-state index < -0.39 is 0 Å². The van der Waals surface area contributed by atoms with Gasteiger partial charge in [-0.1, -0.05) is 0 Å². The van der Waals surface area contributed by atoms with Crippen LogP contribution in [0.5, 0.6) is 0 Å². The topological polar surface area (TPSA) is 17.1 Å². The highest BCUT2D eigenvalue weighted by atomic mass is 16.1. The van der Waals surface area contributed by atoms with E-state index in [1.807, 2.05) is 0 Å². The van der Waals surface area contributed by atoms with Crippen molar-refractivity contribution in [3.63, 3.8) is 0 Å². The average molecular weight is 71.1 g/mol. The molecule has 0 rings (SSSR count). The molecule has 0 aliphatic carbocycles. The molecule has 0 saturated carbocycles. The van der Waals surface area contributed by atoms with Crippen molar-refractivity contribution in [2.24, 2.45) is 0 Å². The van der Waals surface area contributed by atoms with Gasteiger partial charge in [-0.3, -0.25) is 0 Å². The Bertz CT molecular complexity index is 38.9. The number of rotatable bonds is 1. The first kappa shape index (κ1) is 4.67. The van der Waals surface area contributed by atoms with Gasteiger partial charge in [0.25, 0.3) is 0 Å². The summed E-state index contributed by atoms with van der Waals surface area (Å²) in [5.41, 5.74) is 0. The molecule has 30 valence electrons. The first-order valence-electron chi connectivity index (χ1n) is 1.56. The summed E-state index contributed by atoms with van der Waals surface area (Å²) >= 11 is 0. The highest BCUT2D eigenvalue weighted by Gasteiger charge is 1.70. The van der Waals surface area contributed by atoms with E-state index >= 15 is 0 Å². The molecule has 0 aromatic heterocycles. The summed E-state index contributed by atoms with van der Waals surface area (Å²) in [5.74, 6) is 0.144. The second-order valence-corrected chi connectivity index (χ2v) is 0.952. The number of carbonyl (C=O) groups is 1. The predicted molar refractivity (Wildman–Crippen MR) is 20.7 cm³/mol. The third-order valence-corrected chi connectivity index (χ3v) is 0.352. The molecule has 0 bridgehead atoms. The lowest BCUT2D eigenvalue weighted by atomic mass is 10.4. The fraction of sp³-hybridized carbons (Fsp3) is 0.500. The molecule has 0 amide bonds. The molecule has 0 heterocycles. The Hall–Kier alpha value is -0.330. The molecular formula is C4H7O-. The average Bonchev–Trinajstić information content (AvgIpc) is 1.38. The maximum Gasteiger partial charge on any atom is 0.0998 e. The molecule has 0 radical (unpaired) electrons. The summed E-state index contributed by atoms with van der Waals surface area (Å²) < 4.78 is 0. The summed E-state index contributed by atoms with van der Waals surface area (Å²) in [5, 5.41) is 0. The molecule has 1 nitrogen and oxygen atoms in total. The van der Waals surface area contributed by atoms with Crippen LogP contribution in [0.1, 0.15) is 13.3 Å². The smallest absolute Gasteiger partial charge is 0.0998 e. The Morgan fingerprint density at radius 2 is 2.20 bits per heavy atom. The van der Waals surface area contributed by atoms with E-state index in [9.17, 15) is 4.79 Å². The van der Waals surface area contributed by atoms with Crippen molar-refractivity contribution in [1.82, 2.24) is 0 Å². The van der Waals surface area contributed by atoms with Crippen molar-refractivity contribution in [2.75, 3.05) is 0 Å². The van der Waals surface area contributed by atoms with Gasteiger partial charge in [0.05, 0.1) is 5.78 Å². The van der Waals surface area contributed by atoms with E-state index in [1.54, 1.807) is 0 Å². The summed E-state index contributed by atoms with van der Waals surface area (Å²) in [6.45, 7) is 4.86. The second-order valence-electron chi connectivity index (χ2n) is 0.952. The molecule has 1 heteroatoms. The minimum atomic E-state index is 0.144. The second kappa shape index (κ2) is 1.94. The molecule has 0 atom stereocenters. The molecule has 0 spiro atoms. The Morgan fingerprint density at radius 3 is 2.20 bits per heavy atom. The van der Waals surface area contributed by atoms with Crippen LogP contribution in [-0.4, -0.2) is 5.78 Å². The Balaban J connectivity index is 2.85. The molecule has 0 unspecified atom stereocenters. The summed E-state index contributed by atoms with van der Waals surface area (Å²) in [6.07, 6.45) is 0.417. The van der Waals surface area contributed by atoms with Crippen LogP contribution in [0.4, 0.5) is 0 Å². The predicted octanol–water partition coefficient (Wildman–Crippen LogP) is 0.800. The molecule has 0 aromatic rings. The lowest BCUT2D eigenvalue weighted by Gasteiger charge is -1.80.